The summed E-state index contributed by atoms with van der Waals surface area (Å²) in [5, 5.41) is 3.70. The molecule has 1 atom stereocenters. The zero-order valence-electron chi connectivity index (χ0n) is 12.9. The van der Waals surface area contributed by atoms with Gasteiger partial charge in [0.15, 0.2) is 0 Å². The molecule has 0 spiro atoms. The maximum atomic E-state index is 3.70. The van der Waals surface area contributed by atoms with Crippen molar-refractivity contribution < 1.29 is 0 Å². The van der Waals surface area contributed by atoms with E-state index < -0.39 is 0 Å². The standard InChI is InChI=1S/C18H31N/c1-17(2)8-13(3-4-19-17)9-18-10-14-5-15(11-18)7-16(6-14)12-18/h13-16,19H,3-12H2,1-2H3. The summed E-state index contributed by atoms with van der Waals surface area (Å²) in [4.78, 5) is 0. The van der Waals surface area contributed by atoms with E-state index in [0.717, 1.165) is 29.1 Å². The van der Waals surface area contributed by atoms with Crippen LogP contribution in [0.3, 0.4) is 0 Å². The first kappa shape index (κ1) is 12.7. The van der Waals surface area contributed by atoms with Crippen molar-refractivity contribution in [1.29, 1.82) is 0 Å². The van der Waals surface area contributed by atoms with Gasteiger partial charge in [-0.3, -0.25) is 0 Å². The van der Waals surface area contributed by atoms with E-state index in [1.54, 1.807) is 44.9 Å². The van der Waals surface area contributed by atoms with Crippen molar-refractivity contribution in [2.45, 2.75) is 77.2 Å². The summed E-state index contributed by atoms with van der Waals surface area (Å²) in [6, 6.07) is 0. The normalized spacial score (nSPS) is 51.5. The molecule has 1 heterocycles. The lowest BCUT2D eigenvalue weighted by molar-refractivity contribution is -0.0691. The minimum Gasteiger partial charge on any atom is -0.312 e. The Kier molecular flexibility index (Phi) is 2.82. The molecule has 4 saturated carbocycles. The van der Waals surface area contributed by atoms with Crippen LogP contribution in [-0.2, 0) is 0 Å². The second kappa shape index (κ2) is 4.23. The molecule has 0 amide bonds. The molecule has 0 aromatic heterocycles. The number of rotatable bonds is 2. The summed E-state index contributed by atoms with van der Waals surface area (Å²) in [6.07, 6.45) is 14.0. The first-order chi connectivity index (χ1) is 9.02. The van der Waals surface area contributed by atoms with Crippen molar-refractivity contribution in [3.05, 3.63) is 0 Å². The average Bonchev–Trinajstić information content (AvgIpc) is 2.24. The van der Waals surface area contributed by atoms with Gasteiger partial charge in [-0.1, -0.05) is 0 Å². The monoisotopic (exact) mass is 261 g/mol. The molecule has 108 valence electrons. The van der Waals surface area contributed by atoms with E-state index in [1.165, 1.54) is 19.4 Å². The van der Waals surface area contributed by atoms with Crippen molar-refractivity contribution in [1.82, 2.24) is 5.32 Å². The van der Waals surface area contributed by atoms with Crippen molar-refractivity contribution >= 4 is 0 Å². The lowest BCUT2D eigenvalue weighted by Crippen LogP contribution is -2.50. The van der Waals surface area contributed by atoms with Crippen molar-refractivity contribution in [2.24, 2.45) is 29.1 Å². The number of piperidine rings is 1. The van der Waals surface area contributed by atoms with Crippen LogP contribution >= 0.6 is 0 Å². The molecule has 5 fully saturated rings. The molecule has 1 heteroatoms. The van der Waals surface area contributed by atoms with Gasteiger partial charge in [-0.15, -0.1) is 0 Å². The molecule has 4 aliphatic carbocycles. The Labute approximate surface area is 118 Å². The molecule has 1 N–H and O–H groups in total. The summed E-state index contributed by atoms with van der Waals surface area (Å²) in [5.74, 6) is 4.38. The first-order valence-corrected chi connectivity index (χ1v) is 8.77. The van der Waals surface area contributed by atoms with Gasteiger partial charge in [0.05, 0.1) is 0 Å². The van der Waals surface area contributed by atoms with Crippen LogP contribution in [0.4, 0.5) is 0 Å². The molecule has 0 aromatic rings. The molecular weight excluding hydrogens is 230 g/mol. The lowest BCUT2D eigenvalue weighted by Gasteiger charge is -2.58. The Morgan fingerprint density at radius 2 is 1.47 bits per heavy atom. The third kappa shape index (κ3) is 2.37. The Hall–Kier alpha value is -0.0400. The van der Waals surface area contributed by atoms with E-state index >= 15 is 0 Å². The van der Waals surface area contributed by atoms with Crippen molar-refractivity contribution in [3.8, 4) is 0 Å². The Balaban J connectivity index is 1.47. The van der Waals surface area contributed by atoms with E-state index in [1.807, 2.05) is 0 Å². The van der Waals surface area contributed by atoms with Crippen LogP contribution in [0.25, 0.3) is 0 Å². The summed E-state index contributed by atoms with van der Waals surface area (Å²) >= 11 is 0. The summed E-state index contributed by atoms with van der Waals surface area (Å²) in [7, 11) is 0. The Bertz CT molecular complexity index is 321. The second-order valence-corrected chi connectivity index (χ2v) is 9.29. The highest BCUT2D eigenvalue weighted by Gasteiger charge is 2.51. The topological polar surface area (TPSA) is 12.0 Å². The van der Waals surface area contributed by atoms with Gasteiger partial charge in [0.2, 0.25) is 0 Å². The average molecular weight is 261 g/mol. The summed E-state index contributed by atoms with van der Waals surface area (Å²) in [5.41, 5.74) is 1.19. The third-order valence-electron chi connectivity index (χ3n) is 6.84. The lowest BCUT2D eigenvalue weighted by atomic mass is 9.47. The largest absolute Gasteiger partial charge is 0.312 e. The molecule has 5 aliphatic rings. The van der Waals surface area contributed by atoms with E-state index in [4.69, 9.17) is 0 Å². The molecule has 1 saturated heterocycles. The molecule has 0 aromatic carbocycles. The quantitative estimate of drug-likeness (QED) is 0.778. The van der Waals surface area contributed by atoms with Gasteiger partial charge in [0.1, 0.15) is 0 Å². The minimum absolute atomic E-state index is 0.394. The molecule has 0 radical (unpaired) electrons. The van der Waals surface area contributed by atoms with Crippen LogP contribution in [0.2, 0.25) is 0 Å². The van der Waals surface area contributed by atoms with E-state index in [0.29, 0.717) is 5.54 Å². The minimum atomic E-state index is 0.394. The van der Waals surface area contributed by atoms with Crippen molar-refractivity contribution in [3.63, 3.8) is 0 Å². The smallest absolute Gasteiger partial charge is 0.0127 e. The first-order valence-electron chi connectivity index (χ1n) is 8.77. The molecular formula is C18H31N. The third-order valence-corrected chi connectivity index (χ3v) is 6.84. The zero-order valence-corrected chi connectivity index (χ0v) is 12.9. The SMILES string of the molecule is CC1(C)CC(CC23CC4CC(CC(C4)C2)C3)CCN1. The van der Waals surface area contributed by atoms with Gasteiger partial charge in [0.25, 0.3) is 0 Å². The molecule has 19 heavy (non-hydrogen) atoms. The maximum Gasteiger partial charge on any atom is 0.0127 e. The number of hydrogen-bond acceptors (Lipinski definition) is 1. The van der Waals surface area contributed by atoms with Crippen LogP contribution in [0.15, 0.2) is 0 Å². The molecule has 1 unspecified atom stereocenters. The fourth-order valence-corrected chi connectivity index (χ4v) is 6.84. The molecule has 4 bridgehead atoms. The van der Waals surface area contributed by atoms with Gasteiger partial charge in [-0.2, -0.15) is 0 Å². The van der Waals surface area contributed by atoms with E-state index in [2.05, 4.69) is 19.2 Å². The van der Waals surface area contributed by atoms with Gasteiger partial charge in [-0.05, 0) is 107 Å². The molecule has 1 nitrogen and oxygen atoms in total. The van der Waals surface area contributed by atoms with Crippen LogP contribution < -0.4 is 5.32 Å². The van der Waals surface area contributed by atoms with Crippen LogP contribution in [0.5, 0.6) is 0 Å². The van der Waals surface area contributed by atoms with E-state index in [-0.39, 0.29) is 0 Å². The van der Waals surface area contributed by atoms with Crippen LogP contribution in [0.1, 0.15) is 71.6 Å². The van der Waals surface area contributed by atoms with Crippen LogP contribution in [-0.4, -0.2) is 12.1 Å². The second-order valence-electron chi connectivity index (χ2n) is 9.29. The maximum absolute atomic E-state index is 3.70. The van der Waals surface area contributed by atoms with Gasteiger partial charge in [-0.25, -0.2) is 0 Å². The van der Waals surface area contributed by atoms with Gasteiger partial charge in [0, 0.05) is 5.54 Å². The van der Waals surface area contributed by atoms with Crippen LogP contribution in [0, 0.1) is 29.1 Å². The van der Waals surface area contributed by atoms with Gasteiger partial charge < -0.3 is 5.32 Å². The number of hydrogen-bond donors (Lipinski definition) is 1. The fourth-order valence-electron chi connectivity index (χ4n) is 6.84. The summed E-state index contributed by atoms with van der Waals surface area (Å²) < 4.78 is 0. The highest BCUT2D eigenvalue weighted by Crippen LogP contribution is 2.62. The zero-order chi connectivity index (χ0) is 13.1. The number of nitrogens with one attached hydrogen (secondary N) is 1. The predicted molar refractivity (Wildman–Crippen MR) is 80.0 cm³/mol. The van der Waals surface area contributed by atoms with Gasteiger partial charge >= 0.3 is 0 Å². The highest BCUT2D eigenvalue weighted by molar-refractivity contribution is 5.02. The molecule has 5 rings (SSSR count). The Morgan fingerprint density at radius 1 is 0.895 bits per heavy atom. The highest BCUT2D eigenvalue weighted by atomic mass is 15.0. The predicted octanol–water partition coefficient (Wildman–Crippen LogP) is 4.37. The Morgan fingerprint density at radius 3 is 2.00 bits per heavy atom. The van der Waals surface area contributed by atoms with Crippen molar-refractivity contribution in [2.75, 3.05) is 6.54 Å². The fraction of sp³-hybridized carbons (Fsp3) is 1.00. The van der Waals surface area contributed by atoms with E-state index in [9.17, 15) is 0 Å². The molecule has 1 aliphatic heterocycles. The summed E-state index contributed by atoms with van der Waals surface area (Å²) in [6.45, 7) is 6.06.